The molecule has 9 heteroatoms. The summed E-state index contributed by atoms with van der Waals surface area (Å²) in [7, 11) is 0. The summed E-state index contributed by atoms with van der Waals surface area (Å²) in [4.78, 5) is 19.8. The van der Waals surface area contributed by atoms with E-state index in [0.29, 0.717) is 30.2 Å². The van der Waals surface area contributed by atoms with Gasteiger partial charge < -0.3 is 15.2 Å². The number of aliphatic hydroxyl groups excluding tert-OH is 1. The van der Waals surface area contributed by atoms with Gasteiger partial charge in [-0.05, 0) is 30.5 Å². The number of hydrogen-bond acceptors (Lipinski definition) is 6. The van der Waals surface area contributed by atoms with E-state index in [-0.39, 0.29) is 18.2 Å². The third-order valence-corrected chi connectivity index (χ3v) is 5.29. The molecular formula is C18H20BrN5O3. The van der Waals surface area contributed by atoms with Crippen molar-refractivity contribution in [1.82, 2.24) is 19.7 Å². The van der Waals surface area contributed by atoms with E-state index >= 15 is 0 Å². The molecule has 2 aromatic heterocycles. The van der Waals surface area contributed by atoms with Crippen molar-refractivity contribution in [3.8, 4) is 0 Å². The zero-order chi connectivity index (χ0) is 18.8. The lowest BCUT2D eigenvalue weighted by Gasteiger charge is -2.23. The molecule has 0 amide bonds. The van der Waals surface area contributed by atoms with Crippen LogP contribution in [0.4, 0.5) is 5.95 Å². The van der Waals surface area contributed by atoms with E-state index in [4.69, 9.17) is 4.74 Å². The summed E-state index contributed by atoms with van der Waals surface area (Å²) < 4.78 is 8.18. The first-order chi connectivity index (χ1) is 13.2. The minimum atomic E-state index is -0.391. The van der Waals surface area contributed by atoms with Crippen LogP contribution in [0.5, 0.6) is 0 Å². The summed E-state index contributed by atoms with van der Waals surface area (Å²) in [6.45, 7) is 1.22. The molecule has 1 aliphatic heterocycles. The number of fused-ring (bicyclic) bond motifs is 1. The highest BCUT2D eigenvalue weighted by Crippen LogP contribution is 2.24. The summed E-state index contributed by atoms with van der Waals surface area (Å²) in [6.07, 6.45) is 3.23. The van der Waals surface area contributed by atoms with Gasteiger partial charge in [-0.2, -0.15) is 10.1 Å². The van der Waals surface area contributed by atoms with Crippen LogP contribution in [0, 0.1) is 0 Å². The van der Waals surface area contributed by atoms with Crippen LogP contribution in [0.25, 0.3) is 11.0 Å². The minimum absolute atomic E-state index is 0.136. The number of hydrogen-bond donors (Lipinski definition) is 3. The van der Waals surface area contributed by atoms with E-state index in [1.807, 2.05) is 28.9 Å². The lowest BCUT2D eigenvalue weighted by molar-refractivity contribution is 0.0673. The van der Waals surface area contributed by atoms with Crippen molar-refractivity contribution in [3.63, 3.8) is 0 Å². The Kier molecular flexibility index (Phi) is 5.24. The fourth-order valence-corrected chi connectivity index (χ4v) is 3.56. The second-order valence-corrected chi connectivity index (χ2v) is 7.43. The molecule has 0 saturated carbocycles. The second-order valence-electron chi connectivity index (χ2n) is 6.52. The highest BCUT2D eigenvalue weighted by Gasteiger charge is 2.21. The number of benzene rings is 1. The molecule has 0 radical (unpaired) electrons. The van der Waals surface area contributed by atoms with E-state index in [1.54, 1.807) is 6.20 Å². The van der Waals surface area contributed by atoms with Gasteiger partial charge in [0.15, 0.2) is 5.65 Å². The predicted molar refractivity (Wildman–Crippen MR) is 105 cm³/mol. The van der Waals surface area contributed by atoms with Crippen molar-refractivity contribution in [2.45, 2.75) is 24.9 Å². The third-order valence-electron chi connectivity index (χ3n) is 4.77. The maximum absolute atomic E-state index is 12.5. The van der Waals surface area contributed by atoms with Crippen molar-refractivity contribution >= 4 is 32.9 Å². The highest BCUT2D eigenvalue weighted by atomic mass is 79.9. The van der Waals surface area contributed by atoms with Gasteiger partial charge in [-0.1, -0.05) is 28.1 Å². The van der Waals surface area contributed by atoms with Crippen molar-refractivity contribution in [2.24, 2.45) is 0 Å². The van der Waals surface area contributed by atoms with Crippen molar-refractivity contribution in [3.05, 3.63) is 50.9 Å². The molecule has 4 rings (SSSR count). The number of halogens is 1. The topological polar surface area (TPSA) is 105 Å². The van der Waals surface area contributed by atoms with Crippen LogP contribution in [0.2, 0.25) is 0 Å². The minimum Gasteiger partial charge on any atom is -0.394 e. The van der Waals surface area contributed by atoms with Crippen LogP contribution in [-0.4, -0.2) is 44.7 Å². The molecule has 0 spiro atoms. The van der Waals surface area contributed by atoms with Gasteiger partial charge >= 0.3 is 0 Å². The maximum atomic E-state index is 12.5. The number of ether oxygens (including phenoxy) is 1. The summed E-state index contributed by atoms with van der Waals surface area (Å²) in [6, 6.07) is 7.39. The van der Waals surface area contributed by atoms with Crippen molar-refractivity contribution in [1.29, 1.82) is 0 Å². The molecular weight excluding hydrogens is 414 g/mol. The summed E-state index contributed by atoms with van der Waals surface area (Å²) in [5.41, 5.74) is 1.18. The normalized spacial score (nSPS) is 16.5. The molecule has 1 unspecified atom stereocenters. The van der Waals surface area contributed by atoms with Crippen LogP contribution in [0.3, 0.4) is 0 Å². The molecule has 27 heavy (non-hydrogen) atoms. The Morgan fingerprint density at radius 3 is 2.78 bits per heavy atom. The Morgan fingerprint density at radius 1 is 1.33 bits per heavy atom. The lowest BCUT2D eigenvalue weighted by Crippen LogP contribution is -2.22. The van der Waals surface area contributed by atoms with Crippen LogP contribution < -0.4 is 10.9 Å². The second kappa shape index (κ2) is 7.79. The molecule has 1 fully saturated rings. The van der Waals surface area contributed by atoms with E-state index in [1.165, 1.54) is 0 Å². The SMILES string of the molecule is O=c1[nH]c(NC(CO)c2ccc(Br)cc2)nc2c1cnn2C1CCOCC1. The Morgan fingerprint density at radius 2 is 2.07 bits per heavy atom. The van der Waals surface area contributed by atoms with Crippen molar-refractivity contribution in [2.75, 3.05) is 25.1 Å². The Bertz CT molecular complexity index is 979. The van der Waals surface area contributed by atoms with Gasteiger partial charge in [-0.25, -0.2) is 4.68 Å². The van der Waals surface area contributed by atoms with E-state index in [9.17, 15) is 9.90 Å². The molecule has 1 aromatic carbocycles. The first-order valence-corrected chi connectivity index (χ1v) is 9.63. The van der Waals surface area contributed by atoms with Gasteiger partial charge in [0.05, 0.1) is 24.9 Å². The molecule has 1 aliphatic rings. The van der Waals surface area contributed by atoms with Gasteiger partial charge in [0.25, 0.3) is 5.56 Å². The Hall–Kier alpha value is -2.23. The fourth-order valence-electron chi connectivity index (χ4n) is 3.30. The largest absolute Gasteiger partial charge is 0.394 e. The van der Waals surface area contributed by atoms with Gasteiger partial charge in [0, 0.05) is 17.7 Å². The number of aromatic amines is 1. The maximum Gasteiger partial charge on any atom is 0.263 e. The number of nitrogens with one attached hydrogen (secondary N) is 2. The summed E-state index contributed by atoms with van der Waals surface area (Å²) in [5, 5.41) is 17.7. The highest BCUT2D eigenvalue weighted by molar-refractivity contribution is 9.10. The zero-order valence-corrected chi connectivity index (χ0v) is 16.1. The Balaban J connectivity index is 1.67. The summed E-state index contributed by atoms with van der Waals surface area (Å²) in [5.74, 6) is 0.309. The molecule has 1 saturated heterocycles. The molecule has 3 heterocycles. The quantitative estimate of drug-likeness (QED) is 0.570. The van der Waals surface area contributed by atoms with Crippen LogP contribution in [0.15, 0.2) is 39.7 Å². The van der Waals surface area contributed by atoms with E-state index in [0.717, 1.165) is 22.9 Å². The standard InChI is InChI=1S/C18H20BrN5O3/c19-12-3-1-11(2-4-12)15(10-25)21-18-22-16-14(17(26)23-18)9-20-24(16)13-5-7-27-8-6-13/h1-4,9,13,15,25H,5-8,10H2,(H2,21,22,23,26). The Labute approximate surface area is 163 Å². The lowest BCUT2D eigenvalue weighted by atomic mass is 10.1. The smallest absolute Gasteiger partial charge is 0.263 e. The van der Waals surface area contributed by atoms with Crippen LogP contribution in [-0.2, 0) is 4.74 Å². The fraction of sp³-hybridized carbons (Fsp3) is 0.389. The molecule has 3 aromatic rings. The average molecular weight is 434 g/mol. The van der Waals surface area contributed by atoms with Gasteiger partial charge in [-0.3, -0.25) is 9.78 Å². The van der Waals surface area contributed by atoms with Crippen LogP contribution in [0.1, 0.15) is 30.5 Å². The van der Waals surface area contributed by atoms with Gasteiger partial charge in [-0.15, -0.1) is 0 Å². The van der Waals surface area contributed by atoms with Gasteiger partial charge in [0.2, 0.25) is 5.95 Å². The van der Waals surface area contributed by atoms with Crippen LogP contribution >= 0.6 is 15.9 Å². The first kappa shape index (κ1) is 18.1. The van der Waals surface area contributed by atoms with E-state index < -0.39 is 6.04 Å². The number of nitrogens with zero attached hydrogens (tertiary/aromatic N) is 3. The number of aliphatic hydroxyl groups is 1. The molecule has 0 bridgehead atoms. The molecule has 1 atom stereocenters. The number of rotatable bonds is 5. The average Bonchev–Trinajstić information content (AvgIpc) is 3.12. The molecule has 8 nitrogen and oxygen atoms in total. The van der Waals surface area contributed by atoms with E-state index in [2.05, 4.69) is 36.3 Å². The summed E-state index contributed by atoms with van der Waals surface area (Å²) >= 11 is 3.40. The predicted octanol–water partition coefficient (Wildman–Crippen LogP) is 2.38. The molecule has 3 N–H and O–H groups in total. The number of aromatic nitrogens is 4. The zero-order valence-electron chi connectivity index (χ0n) is 14.6. The first-order valence-electron chi connectivity index (χ1n) is 8.84. The monoisotopic (exact) mass is 433 g/mol. The molecule has 0 aliphatic carbocycles. The number of anilines is 1. The molecule has 142 valence electrons. The van der Waals surface area contributed by atoms with Crippen molar-refractivity contribution < 1.29 is 9.84 Å². The third kappa shape index (κ3) is 3.76. The number of H-pyrrole nitrogens is 1. The van der Waals surface area contributed by atoms with Gasteiger partial charge in [0.1, 0.15) is 5.39 Å².